The van der Waals surface area contributed by atoms with Crippen LogP contribution in [-0.4, -0.2) is 6.26 Å². The first-order valence-electron chi connectivity index (χ1n) is 6.38. The Balaban J connectivity index is 2.40. The number of hydrogen-bond acceptors (Lipinski definition) is 1. The highest BCUT2D eigenvalue weighted by molar-refractivity contribution is 7.99. The number of rotatable bonds is 4. The monoisotopic (exact) mass is 308 g/mol. The normalized spacial score (nSPS) is 13.0. The van der Waals surface area contributed by atoms with Crippen LogP contribution in [0.3, 0.4) is 0 Å². The molecule has 0 saturated carbocycles. The predicted molar refractivity (Wildman–Crippen MR) is 83.3 cm³/mol. The average Bonchev–Trinajstić information content (AvgIpc) is 2.48. The summed E-state index contributed by atoms with van der Waals surface area (Å²) in [5, 5.41) is -0.0125. The van der Waals surface area contributed by atoms with Crippen molar-refractivity contribution in [3.63, 3.8) is 0 Å². The van der Waals surface area contributed by atoms with Gasteiger partial charge in [-0.3, -0.25) is 0 Å². The third-order valence-corrected chi connectivity index (χ3v) is 4.27. The smallest absolute Gasteiger partial charge is 0.166 e. The number of benzene rings is 2. The van der Waals surface area contributed by atoms with Gasteiger partial charge < -0.3 is 0 Å². The van der Waals surface area contributed by atoms with Crippen LogP contribution in [0.2, 0.25) is 0 Å². The molecule has 0 radical (unpaired) electrons. The minimum atomic E-state index is -4.30. The highest BCUT2D eigenvalue weighted by atomic mass is 32.2. The van der Waals surface area contributed by atoms with Crippen molar-refractivity contribution in [2.75, 3.05) is 6.26 Å². The minimum Gasteiger partial charge on any atom is -0.166 e. The zero-order valence-corrected chi connectivity index (χ0v) is 12.3. The first-order chi connectivity index (χ1) is 9.97. The molecule has 0 aliphatic carbocycles. The van der Waals surface area contributed by atoms with Gasteiger partial charge in [0.05, 0.1) is 10.8 Å². The summed E-state index contributed by atoms with van der Waals surface area (Å²) >= 11 is 1.59. The molecule has 4 heteroatoms. The number of thioether (sulfide) groups is 1. The molecule has 0 spiro atoms. The lowest BCUT2D eigenvalue weighted by Gasteiger charge is -2.18. The van der Waals surface area contributed by atoms with Gasteiger partial charge in [0.1, 0.15) is 0 Å². The molecule has 1 unspecified atom stereocenters. The van der Waals surface area contributed by atoms with Crippen LogP contribution >= 0.6 is 11.8 Å². The van der Waals surface area contributed by atoms with E-state index < -0.39 is 11.7 Å². The van der Waals surface area contributed by atoms with Gasteiger partial charge in [0.15, 0.2) is 0 Å². The van der Waals surface area contributed by atoms with Gasteiger partial charge in [-0.2, -0.15) is 24.9 Å². The second-order valence-electron chi connectivity index (χ2n) is 4.57. The molecule has 2 aromatic carbocycles. The Morgan fingerprint density at radius 3 is 2.19 bits per heavy atom. The summed E-state index contributed by atoms with van der Waals surface area (Å²) in [4.78, 5) is 0. The van der Waals surface area contributed by atoms with E-state index in [2.05, 4.69) is 6.58 Å². The molecule has 0 nitrogen and oxygen atoms in total. The summed E-state index contributed by atoms with van der Waals surface area (Å²) in [6.07, 6.45) is -0.586. The van der Waals surface area contributed by atoms with Crippen LogP contribution in [0.15, 0.2) is 55.1 Å². The highest BCUT2D eigenvalue weighted by Gasteiger charge is 2.30. The predicted octanol–water partition coefficient (Wildman–Crippen LogP) is 5.80. The van der Waals surface area contributed by atoms with E-state index in [9.17, 15) is 13.2 Å². The Kier molecular flexibility index (Phi) is 4.78. The lowest BCUT2D eigenvalue weighted by Crippen LogP contribution is -2.05. The van der Waals surface area contributed by atoms with Gasteiger partial charge in [-0.15, -0.1) is 0 Å². The van der Waals surface area contributed by atoms with Gasteiger partial charge in [-0.25, -0.2) is 0 Å². The molecule has 0 N–H and O–H groups in total. The Hall–Kier alpha value is -1.68. The lowest BCUT2D eigenvalue weighted by molar-refractivity contribution is -0.137. The molecule has 0 aliphatic heterocycles. The highest BCUT2D eigenvalue weighted by Crippen LogP contribution is 2.37. The van der Waals surface area contributed by atoms with Gasteiger partial charge in [0, 0.05) is 0 Å². The number of hydrogen-bond donors (Lipinski definition) is 0. The summed E-state index contributed by atoms with van der Waals surface area (Å²) in [6, 6.07) is 13.1. The molecule has 2 rings (SSSR count). The molecule has 2 aromatic rings. The first-order valence-corrected chi connectivity index (χ1v) is 7.67. The SMILES string of the molecule is C=Cc1ccccc1C(SC)c1ccc(C(F)(F)F)cc1. The molecule has 0 amide bonds. The van der Waals surface area contributed by atoms with E-state index in [4.69, 9.17) is 0 Å². The van der Waals surface area contributed by atoms with Gasteiger partial charge in [0.2, 0.25) is 0 Å². The van der Waals surface area contributed by atoms with E-state index >= 15 is 0 Å². The minimum absolute atomic E-state index is 0.0125. The van der Waals surface area contributed by atoms with Crippen LogP contribution in [0.5, 0.6) is 0 Å². The van der Waals surface area contributed by atoms with Crippen molar-refractivity contribution >= 4 is 17.8 Å². The lowest BCUT2D eigenvalue weighted by atomic mass is 9.98. The molecule has 0 bridgehead atoms. The quantitative estimate of drug-likeness (QED) is 0.687. The molecular weight excluding hydrogens is 293 g/mol. The molecule has 0 fully saturated rings. The summed E-state index contributed by atoms with van der Waals surface area (Å²) < 4.78 is 37.9. The van der Waals surface area contributed by atoms with E-state index in [1.165, 1.54) is 0 Å². The van der Waals surface area contributed by atoms with Gasteiger partial charge in [-0.05, 0) is 35.1 Å². The molecule has 0 heterocycles. The van der Waals surface area contributed by atoms with Crippen molar-refractivity contribution in [2.45, 2.75) is 11.4 Å². The fourth-order valence-corrected chi connectivity index (χ4v) is 3.12. The fraction of sp³-hybridized carbons (Fsp3) is 0.176. The Bertz CT molecular complexity index is 615. The zero-order valence-electron chi connectivity index (χ0n) is 11.5. The number of alkyl halides is 3. The van der Waals surface area contributed by atoms with E-state index in [0.29, 0.717) is 0 Å². The Morgan fingerprint density at radius 2 is 1.67 bits per heavy atom. The standard InChI is InChI=1S/C17H15F3S/c1-3-12-6-4-5-7-15(12)16(21-2)13-8-10-14(11-9-13)17(18,19)20/h3-11,16H,1H2,2H3. The van der Waals surface area contributed by atoms with Gasteiger partial charge in [-0.1, -0.05) is 49.1 Å². The zero-order chi connectivity index (χ0) is 15.5. The second kappa shape index (κ2) is 6.39. The molecule has 1 atom stereocenters. The second-order valence-corrected chi connectivity index (χ2v) is 5.51. The molecule has 0 saturated heterocycles. The maximum atomic E-state index is 12.6. The molecule has 0 aromatic heterocycles. The summed E-state index contributed by atoms with van der Waals surface area (Å²) in [6.45, 7) is 3.79. The molecule has 0 aliphatic rings. The summed E-state index contributed by atoms with van der Waals surface area (Å²) in [5.41, 5.74) is 2.28. The van der Waals surface area contributed by atoms with Crippen LogP contribution in [-0.2, 0) is 6.18 Å². The topological polar surface area (TPSA) is 0 Å². The van der Waals surface area contributed by atoms with E-state index in [-0.39, 0.29) is 5.25 Å². The molecule has 21 heavy (non-hydrogen) atoms. The van der Waals surface area contributed by atoms with Crippen LogP contribution < -0.4 is 0 Å². The van der Waals surface area contributed by atoms with E-state index in [1.54, 1.807) is 30.0 Å². The first kappa shape index (κ1) is 15.7. The van der Waals surface area contributed by atoms with Crippen LogP contribution in [0.4, 0.5) is 13.2 Å². The van der Waals surface area contributed by atoms with Crippen LogP contribution in [0, 0.1) is 0 Å². The Labute approximate surface area is 126 Å². The van der Waals surface area contributed by atoms with Crippen molar-refractivity contribution in [3.8, 4) is 0 Å². The van der Waals surface area contributed by atoms with Crippen LogP contribution in [0.25, 0.3) is 6.08 Å². The maximum Gasteiger partial charge on any atom is 0.416 e. The third-order valence-electron chi connectivity index (χ3n) is 3.27. The molecular formula is C17H15F3S. The maximum absolute atomic E-state index is 12.6. The van der Waals surface area contributed by atoms with Gasteiger partial charge >= 0.3 is 6.18 Å². The summed E-state index contributed by atoms with van der Waals surface area (Å²) in [5.74, 6) is 0. The third kappa shape index (κ3) is 3.50. The van der Waals surface area contributed by atoms with Crippen molar-refractivity contribution in [2.24, 2.45) is 0 Å². The van der Waals surface area contributed by atoms with Crippen molar-refractivity contribution < 1.29 is 13.2 Å². The van der Waals surface area contributed by atoms with E-state index in [1.807, 2.05) is 30.5 Å². The van der Waals surface area contributed by atoms with Crippen molar-refractivity contribution in [1.82, 2.24) is 0 Å². The van der Waals surface area contributed by atoms with Crippen molar-refractivity contribution in [3.05, 3.63) is 77.4 Å². The van der Waals surface area contributed by atoms with E-state index in [0.717, 1.165) is 28.8 Å². The van der Waals surface area contributed by atoms with Crippen LogP contribution in [0.1, 0.15) is 27.5 Å². The van der Waals surface area contributed by atoms with Gasteiger partial charge in [0.25, 0.3) is 0 Å². The average molecular weight is 308 g/mol. The fourth-order valence-electron chi connectivity index (χ4n) is 2.23. The summed E-state index contributed by atoms with van der Waals surface area (Å²) in [7, 11) is 0. The number of halogens is 3. The molecule has 110 valence electrons. The Morgan fingerprint density at radius 1 is 1.05 bits per heavy atom. The van der Waals surface area contributed by atoms with Crippen molar-refractivity contribution in [1.29, 1.82) is 0 Å². The largest absolute Gasteiger partial charge is 0.416 e.